The molecule has 0 aliphatic rings. The van der Waals surface area contributed by atoms with Crippen LogP contribution >= 0.6 is 0 Å². The molecular weight excluding hydrogens is 254 g/mol. The van der Waals surface area contributed by atoms with Crippen LogP contribution in [0.4, 0.5) is 0 Å². The number of benzene rings is 1. The number of aliphatic hydroxyl groups excluding tert-OH is 1. The van der Waals surface area contributed by atoms with Crippen molar-refractivity contribution in [2.75, 3.05) is 13.2 Å². The summed E-state index contributed by atoms with van der Waals surface area (Å²) in [5, 5.41) is 11.9. The predicted octanol–water partition coefficient (Wildman–Crippen LogP) is 2.29. The normalized spacial score (nSPS) is 12.2. The second-order valence-electron chi connectivity index (χ2n) is 5.35. The van der Waals surface area contributed by atoms with Gasteiger partial charge in [-0.15, -0.1) is 0 Å². The van der Waals surface area contributed by atoms with E-state index in [9.17, 15) is 4.79 Å². The summed E-state index contributed by atoms with van der Waals surface area (Å²) in [5.74, 6) is 1.06. The van der Waals surface area contributed by atoms with Crippen LogP contribution in [0.2, 0.25) is 0 Å². The average Bonchev–Trinajstić information content (AvgIpc) is 2.38. The third-order valence-electron chi connectivity index (χ3n) is 3.18. The van der Waals surface area contributed by atoms with E-state index in [-0.39, 0.29) is 18.6 Å². The molecule has 2 N–H and O–H groups in total. The zero-order valence-electron chi connectivity index (χ0n) is 12.6. The topological polar surface area (TPSA) is 58.6 Å². The van der Waals surface area contributed by atoms with Gasteiger partial charge in [0.25, 0.3) is 0 Å². The molecule has 0 spiro atoms. The Bertz CT molecular complexity index is 418. The third-order valence-corrected chi connectivity index (χ3v) is 3.18. The van der Waals surface area contributed by atoms with Gasteiger partial charge in [0.05, 0.1) is 13.0 Å². The lowest BCUT2D eigenvalue weighted by molar-refractivity contribution is -0.122. The first-order chi connectivity index (χ1) is 9.52. The third kappa shape index (κ3) is 6.06. The van der Waals surface area contributed by atoms with Gasteiger partial charge in [0.1, 0.15) is 5.75 Å². The van der Waals surface area contributed by atoms with Crippen molar-refractivity contribution in [2.24, 2.45) is 5.92 Å². The molecule has 1 unspecified atom stereocenters. The van der Waals surface area contributed by atoms with E-state index in [2.05, 4.69) is 5.32 Å². The Morgan fingerprint density at radius 3 is 2.75 bits per heavy atom. The summed E-state index contributed by atoms with van der Waals surface area (Å²) in [6.45, 7) is 6.51. The number of hydrogen-bond donors (Lipinski definition) is 2. The predicted molar refractivity (Wildman–Crippen MR) is 79.8 cm³/mol. The summed E-state index contributed by atoms with van der Waals surface area (Å²) in [6.07, 6.45) is 0.907. The minimum absolute atomic E-state index is 0.0199. The van der Waals surface area contributed by atoms with Crippen LogP contribution in [0.5, 0.6) is 5.75 Å². The maximum absolute atomic E-state index is 11.8. The van der Waals surface area contributed by atoms with Crippen molar-refractivity contribution in [3.8, 4) is 5.75 Å². The number of hydrogen-bond acceptors (Lipinski definition) is 3. The van der Waals surface area contributed by atoms with Crippen LogP contribution in [0.15, 0.2) is 24.3 Å². The summed E-state index contributed by atoms with van der Waals surface area (Å²) < 4.78 is 5.55. The lowest BCUT2D eigenvalue weighted by Gasteiger charge is -2.21. The van der Waals surface area contributed by atoms with Crippen LogP contribution < -0.4 is 10.1 Å². The van der Waals surface area contributed by atoms with Gasteiger partial charge in [-0.05, 0) is 37.0 Å². The fraction of sp³-hybridized carbons (Fsp3) is 0.562. The Hall–Kier alpha value is -1.55. The van der Waals surface area contributed by atoms with E-state index < -0.39 is 0 Å². The molecule has 1 amide bonds. The first-order valence-corrected chi connectivity index (χ1v) is 7.12. The number of ether oxygens (including phenoxy) is 1. The Balaban J connectivity index is 2.32. The van der Waals surface area contributed by atoms with Crippen molar-refractivity contribution in [1.82, 2.24) is 5.32 Å². The molecule has 4 heteroatoms. The molecule has 1 aromatic rings. The van der Waals surface area contributed by atoms with E-state index >= 15 is 0 Å². The molecule has 0 aromatic heterocycles. The van der Waals surface area contributed by atoms with Gasteiger partial charge >= 0.3 is 0 Å². The van der Waals surface area contributed by atoms with Crippen LogP contribution in [0.3, 0.4) is 0 Å². The fourth-order valence-electron chi connectivity index (χ4n) is 1.96. The molecule has 4 nitrogen and oxygen atoms in total. The average molecular weight is 279 g/mol. The van der Waals surface area contributed by atoms with Crippen LogP contribution in [0.1, 0.15) is 32.3 Å². The number of aryl methyl sites for hydroxylation is 1. The quantitative estimate of drug-likeness (QED) is 0.767. The molecule has 1 rings (SSSR count). The van der Waals surface area contributed by atoms with Gasteiger partial charge in [-0.2, -0.15) is 0 Å². The highest BCUT2D eigenvalue weighted by Gasteiger charge is 2.15. The van der Waals surface area contributed by atoms with Crippen molar-refractivity contribution < 1.29 is 14.6 Å². The molecule has 0 saturated carbocycles. The van der Waals surface area contributed by atoms with Crippen molar-refractivity contribution in [3.05, 3.63) is 29.8 Å². The Morgan fingerprint density at radius 2 is 2.15 bits per heavy atom. The van der Waals surface area contributed by atoms with Gasteiger partial charge < -0.3 is 15.2 Å². The van der Waals surface area contributed by atoms with Gasteiger partial charge in [0, 0.05) is 12.6 Å². The summed E-state index contributed by atoms with van der Waals surface area (Å²) in [5.41, 5.74) is 1.13. The smallest absolute Gasteiger partial charge is 0.223 e. The number of carbonyl (C=O) groups excluding carboxylic acids is 1. The van der Waals surface area contributed by atoms with Crippen LogP contribution in [-0.2, 0) is 4.79 Å². The minimum Gasteiger partial charge on any atom is -0.493 e. The molecule has 0 saturated heterocycles. The molecule has 0 fully saturated rings. The SMILES string of the molecule is Cc1cccc(OCCC(=O)NC(CCO)C(C)C)c1. The zero-order chi connectivity index (χ0) is 15.0. The van der Waals surface area contributed by atoms with E-state index in [4.69, 9.17) is 9.84 Å². The minimum atomic E-state index is -0.0372. The van der Waals surface area contributed by atoms with Crippen LogP contribution in [0.25, 0.3) is 0 Å². The van der Waals surface area contributed by atoms with Crippen LogP contribution in [-0.4, -0.2) is 30.3 Å². The fourth-order valence-corrected chi connectivity index (χ4v) is 1.96. The maximum atomic E-state index is 11.8. The van der Waals surface area contributed by atoms with Gasteiger partial charge in [-0.1, -0.05) is 26.0 Å². The molecule has 0 bridgehead atoms. The maximum Gasteiger partial charge on any atom is 0.223 e. The second kappa shape index (κ2) is 8.59. The van der Waals surface area contributed by atoms with E-state index in [1.165, 1.54) is 0 Å². The van der Waals surface area contributed by atoms with E-state index in [1.54, 1.807) is 0 Å². The summed E-state index contributed by atoms with van der Waals surface area (Å²) in [6, 6.07) is 7.78. The number of aliphatic hydroxyl groups is 1. The Morgan fingerprint density at radius 1 is 1.40 bits per heavy atom. The highest BCUT2D eigenvalue weighted by atomic mass is 16.5. The molecule has 0 radical (unpaired) electrons. The van der Waals surface area contributed by atoms with Gasteiger partial charge in [0.15, 0.2) is 0 Å². The highest BCUT2D eigenvalue weighted by Crippen LogP contribution is 2.12. The Kier molecular flexibility index (Phi) is 7.09. The van der Waals surface area contributed by atoms with Gasteiger partial charge in [-0.3, -0.25) is 4.79 Å². The Labute approximate surface area is 121 Å². The van der Waals surface area contributed by atoms with Crippen molar-refractivity contribution in [2.45, 2.75) is 39.7 Å². The lowest BCUT2D eigenvalue weighted by atomic mass is 10.0. The lowest BCUT2D eigenvalue weighted by Crippen LogP contribution is -2.39. The van der Waals surface area contributed by atoms with Crippen molar-refractivity contribution >= 4 is 5.91 Å². The molecule has 0 heterocycles. The van der Waals surface area contributed by atoms with E-state index in [0.717, 1.165) is 11.3 Å². The standard InChI is InChI=1S/C16H25NO3/c1-12(2)15(7-9-18)17-16(19)8-10-20-14-6-4-5-13(3)11-14/h4-6,11-12,15,18H,7-10H2,1-3H3,(H,17,19). The molecule has 112 valence electrons. The second-order valence-corrected chi connectivity index (χ2v) is 5.35. The first-order valence-electron chi connectivity index (χ1n) is 7.12. The molecule has 0 aliphatic carbocycles. The summed E-state index contributed by atoms with van der Waals surface area (Å²) in [7, 11) is 0. The van der Waals surface area contributed by atoms with Crippen LogP contribution in [0, 0.1) is 12.8 Å². The van der Waals surface area contributed by atoms with Gasteiger partial charge in [-0.25, -0.2) is 0 Å². The molecular formula is C16H25NO3. The van der Waals surface area contributed by atoms with Crippen molar-refractivity contribution in [1.29, 1.82) is 0 Å². The molecule has 0 aliphatic heterocycles. The zero-order valence-corrected chi connectivity index (χ0v) is 12.6. The molecule has 20 heavy (non-hydrogen) atoms. The number of rotatable bonds is 8. The summed E-state index contributed by atoms with van der Waals surface area (Å²) >= 11 is 0. The van der Waals surface area contributed by atoms with E-state index in [1.807, 2.05) is 45.0 Å². The number of amides is 1. The number of nitrogens with one attached hydrogen (secondary N) is 1. The van der Waals surface area contributed by atoms with Crippen molar-refractivity contribution in [3.63, 3.8) is 0 Å². The molecule has 1 atom stereocenters. The molecule has 1 aromatic carbocycles. The number of carbonyl (C=O) groups is 1. The first kappa shape index (κ1) is 16.5. The highest BCUT2D eigenvalue weighted by molar-refractivity contribution is 5.76. The largest absolute Gasteiger partial charge is 0.493 e. The van der Waals surface area contributed by atoms with Gasteiger partial charge in [0.2, 0.25) is 5.91 Å². The summed E-state index contributed by atoms with van der Waals surface area (Å²) in [4.78, 5) is 11.8. The van der Waals surface area contributed by atoms with E-state index in [0.29, 0.717) is 25.4 Å². The monoisotopic (exact) mass is 279 g/mol.